The number of nitrogens with one attached hydrogen (secondary N) is 2. The number of hydrazone groups is 1. The summed E-state index contributed by atoms with van der Waals surface area (Å²) in [6.07, 6.45) is 5.01. The number of nitrogens with zero attached hydrogens (tertiary/aromatic N) is 2. The zero-order chi connectivity index (χ0) is 18.9. The van der Waals surface area contributed by atoms with Crippen molar-refractivity contribution in [3.63, 3.8) is 0 Å². The molecule has 0 saturated heterocycles. The molecule has 0 atom stereocenters. The zero-order valence-corrected chi connectivity index (χ0v) is 16.0. The normalized spacial score (nSPS) is 11.0. The Balaban J connectivity index is 1.49. The highest BCUT2D eigenvalue weighted by atomic mass is 32.1. The van der Waals surface area contributed by atoms with Crippen LogP contribution < -0.4 is 10.2 Å². The molecule has 2 heterocycles. The van der Waals surface area contributed by atoms with E-state index in [1.807, 2.05) is 41.8 Å². The van der Waals surface area contributed by atoms with Gasteiger partial charge in [-0.1, -0.05) is 25.8 Å². The van der Waals surface area contributed by atoms with E-state index in [-0.39, 0.29) is 5.91 Å². The second kappa shape index (κ2) is 9.68. The third-order valence-electron chi connectivity index (χ3n) is 3.87. The summed E-state index contributed by atoms with van der Waals surface area (Å²) in [5.41, 5.74) is 4.47. The van der Waals surface area contributed by atoms with E-state index in [1.165, 1.54) is 12.8 Å². The Hall–Kier alpha value is -2.93. The summed E-state index contributed by atoms with van der Waals surface area (Å²) in [7, 11) is 0. The van der Waals surface area contributed by atoms with Crippen molar-refractivity contribution in [3.8, 4) is 16.3 Å². The molecule has 3 aromatic rings. The van der Waals surface area contributed by atoms with E-state index < -0.39 is 0 Å². The third kappa shape index (κ3) is 5.52. The lowest BCUT2D eigenvalue weighted by Gasteiger charge is -2.05. The minimum absolute atomic E-state index is 0.298. The number of benzene rings is 1. The lowest BCUT2D eigenvalue weighted by molar-refractivity contribution is 0.0950. The van der Waals surface area contributed by atoms with Crippen LogP contribution in [0.25, 0.3) is 10.6 Å². The van der Waals surface area contributed by atoms with Gasteiger partial charge in [-0.3, -0.25) is 9.89 Å². The molecule has 3 rings (SSSR count). The fraction of sp³-hybridized carbons (Fsp3) is 0.250. The minimum atomic E-state index is -0.360. The van der Waals surface area contributed by atoms with Gasteiger partial charge in [0.25, 0.3) is 5.91 Å². The summed E-state index contributed by atoms with van der Waals surface area (Å²) < 4.78 is 5.67. The summed E-state index contributed by atoms with van der Waals surface area (Å²) in [4.78, 5) is 13.1. The van der Waals surface area contributed by atoms with E-state index in [0.29, 0.717) is 5.69 Å². The lowest BCUT2D eigenvalue weighted by Crippen LogP contribution is -2.17. The molecule has 2 N–H and O–H groups in total. The number of hydrogen-bond donors (Lipinski definition) is 2. The van der Waals surface area contributed by atoms with E-state index >= 15 is 0 Å². The molecule has 0 fully saturated rings. The van der Waals surface area contributed by atoms with Gasteiger partial charge < -0.3 is 4.74 Å². The monoisotopic (exact) mass is 382 g/mol. The van der Waals surface area contributed by atoms with Crippen LogP contribution in [0.2, 0.25) is 0 Å². The molecule has 0 aliphatic rings. The number of thiophene rings is 1. The Bertz CT molecular complexity index is 870. The molecule has 140 valence electrons. The van der Waals surface area contributed by atoms with Crippen LogP contribution in [0, 0.1) is 0 Å². The van der Waals surface area contributed by atoms with Gasteiger partial charge in [0.2, 0.25) is 0 Å². The lowest BCUT2D eigenvalue weighted by atomic mass is 10.2. The first-order chi connectivity index (χ1) is 13.3. The van der Waals surface area contributed by atoms with Gasteiger partial charge in [0.05, 0.1) is 23.4 Å². The van der Waals surface area contributed by atoms with Crippen LogP contribution in [0.4, 0.5) is 0 Å². The highest BCUT2D eigenvalue weighted by molar-refractivity contribution is 7.13. The minimum Gasteiger partial charge on any atom is -0.494 e. The third-order valence-corrected chi connectivity index (χ3v) is 4.78. The summed E-state index contributed by atoms with van der Waals surface area (Å²) in [5.74, 6) is 0.478. The topological polar surface area (TPSA) is 79.4 Å². The van der Waals surface area contributed by atoms with Crippen LogP contribution >= 0.6 is 11.3 Å². The van der Waals surface area contributed by atoms with E-state index in [2.05, 4.69) is 27.6 Å². The molecule has 6 nitrogen and oxygen atoms in total. The number of H-pyrrole nitrogens is 1. The van der Waals surface area contributed by atoms with Gasteiger partial charge in [0, 0.05) is 0 Å². The van der Waals surface area contributed by atoms with Gasteiger partial charge in [-0.25, -0.2) is 5.43 Å². The van der Waals surface area contributed by atoms with Crippen molar-refractivity contribution >= 4 is 23.5 Å². The van der Waals surface area contributed by atoms with Crippen molar-refractivity contribution in [3.05, 3.63) is 59.1 Å². The van der Waals surface area contributed by atoms with Crippen LogP contribution in [0.3, 0.4) is 0 Å². The molecule has 27 heavy (non-hydrogen) atoms. The van der Waals surface area contributed by atoms with E-state index in [0.717, 1.165) is 34.9 Å². The molecule has 0 unspecified atom stereocenters. The first kappa shape index (κ1) is 18.8. The van der Waals surface area contributed by atoms with E-state index in [1.54, 1.807) is 23.6 Å². The van der Waals surface area contributed by atoms with Gasteiger partial charge in [0.1, 0.15) is 5.75 Å². The smallest absolute Gasteiger partial charge is 0.291 e. The maximum atomic E-state index is 12.1. The van der Waals surface area contributed by atoms with Crippen molar-refractivity contribution in [1.29, 1.82) is 0 Å². The number of ether oxygens (including phenoxy) is 1. The maximum Gasteiger partial charge on any atom is 0.291 e. The molecule has 0 aliphatic heterocycles. The van der Waals surface area contributed by atoms with Crippen molar-refractivity contribution in [2.45, 2.75) is 26.2 Å². The SMILES string of the molecule is CCCCCOc1ccc(/C=N\NC(=O)c2cc(-c3cccs3)[nH]n2)cc1. The van der Waals surface area contributed by atoms with Crippen LogP contribution in [0.1, 0.15) is 42.2 Å². The van der Waals surface area contributed by atoms with Gasteiger partial charge in [-0.15, -0.1) is 11.3 Å². The summed E-state index contributed by atoms with van der Waals surface area (Å²) >= 11 is 1.58. The fourth-order valence-electron chi connectivity index (χ4n) is 2.41. The molecule has 0 aliphatic carbocycles. The predicted octanol–water partition coefficient (Wildman–Crippen LogP) is 4.47. The van der Waals surface area contributed by atoms with Crippen molar-refractivity contribution < 1.29 is 9.53 Å². The average molecular weight is 382 g/mol. The Labute approximate surface area is 162 Å². The maximum absolute atomic E-state index is 12.1. The number of aromatic amines is 1. The molecule has 7 heteroatoms. The van der Waals surface area contributed by atoms with E-state index in [9.17, 15) is 4.79 Å². The molecule has 0 radical (unpaired) electrons. The summed E-state index contributed by atoms with van der Waals surface area (Å²) in [5, 5.41) is 12.9. The first-order valence-electron chi connectivity index (χ1n) is 8.92. The number of aromatic nitrogens is 2. The Morgan fingerprint density at radius 1 is 1.30 bits per heavy atom. The number of unbranched alkanes of at least 4 members (excludes halogenated alkanes) is 2. The Morgan fingerprint density at radius 2 is 2.15 bits per heavy atom. The van der Waals surface area contributed by atoms with E-state index in [4.69, 9.17) is 4.74 Å². The van der Waals surface area contributed by atoms with Gasteiger partial charge in [-0.05, 0) is 53.8 Å². The van der Waals surface area contributed by atoms with Crippen molar-refractivity contribution in [1.82, 2.24) is 15.6 Å². The summed E-state index contributed by atoms with van der Waals surface area (Å²) in [6.45, 7) is 2.90. The number of hydrogen-bond acceptors (Lipinski definition) is 5. The Morgan fingerprint density at radius 3 is 2.89 bits per heavy atom. The second-order valence-corrected chi connectivity index (χ2v) is 6.92. The molecular weight excluding hydrogens is 360 g/mol. The number of carbonyl (C=O) groups is 1. The molecule has 0 saturated carbocycles. The average Bonchev–Trinajstić information content (AvgIpc) is 3.37. The molecule has 0 bridgehead atoms. The van der Waals surface area contributed by atoms with Crippen LogP contribution in [-0.4, -0.2) is 28.9 Å². The molecule has 1 aromatic carbocycles. The zero-order valence-electron chi connectivity index (χ0n) is 15.1. The van der Waals surface area contributed by atoms with Crippen LogP contribution in [-0.2, 0) is 0 Å². The standard InChI is InChI=1S/C20H22N4O2S/c1-2-3-4-11-26-16-9-7-15(8-10-16)14-21-24-20(25)18-13-17(22-23-18)19-6-5-12-27-19/h5-10,12-14H,2-4,11H2,1H3,(H,22,23)(H,24,25)/b21-14-. The summed E-state index contributed by atoms with van der Waals surface area (Å²) in [6, 6.07) is 13.2. The van der Waals surface area contributed by atoms with Gasteiger partial charge in [0.15, 0.2) is 5.69 Å². The first-order valence-corrected chi connectivity index (χ1v) is 9.80. The van der Waals surface area contributed by atoms with Gasteiger partial charge in [-0.2, -0.15) is 10.2 Å². The van der Waals surface area contributed by atoms with Crippen LogP contribution in [0.5, 0.6) is 5.75 Å². The largest absolute Gasteiger partial charge is 0.494 e. The number of amides is 1. The van der Waals surface area contributed by atoms with Crippen molar-refractivity contribution in [2.24, 2.45) is 5.10 Å². The van der Waals surface area contributed by atoms with Crippen LogP contribution in [0.15, 0.2) is 52.9 Å². The highest BCUT2D eigenvalue weighted by Crippen LogP contribution is 2.22. The highest BCUT2D eigenvalue weighted by Gasteiger charge is 2.11. The molecule has 0 spiro atoms. The number of rotatable bonds is 9. The van der Waals surface area contributed by atoms with Crippen molar-refractivity contribution in [2.75, 3.05) is 6.61 Å². The number of carbonyl (C=O) groups excluding carboxylic acids is 1. The molecular formula is C20H22N4O2S. The Kier molecular flexibility index (Phi) is 6.76. The molecule has 2 aromatic heterocycles. The quantitative estimate of drug-likeness (QED) is 0.325. The molecule has 1 amide bonds. The predicted molar refractivity (Wildman–Crippen MR) is 108 cm³/mol. The second-order valence-electron chi connectivity index (χ2n) is 5.97. The van der Waals surface area contributed by atoms with Gasteiger partial charge >= 0.3 is 0 Å². The fourth-order valence-corrected chi connectivity index (χ4v) is 3.10.